The van der Waals surface area contributed by atoms with Gasteiger partial charge in [0.15, 0.2) is 11.6 Å². The van der Waals surface area contributed by atoms with E-state index in [0.717, 1.165) is 5.56 Å². The van der Waals surface area contributed by atoms with Gasteiger partial charge in [-0.05, 0) is 37.1 Å². The highest BCUT2D eigenvalue weighted by Crippen LogP contribution is 2.19. The number of methoxy groups -OCH3 is 1. The molecule has 150 valence electrons. The van der Waals surface area contributed by atoms with E-state index in [4.69, 9.17) is 9.47 Å². The predicted octanol–water partition coefficient (Wildman–Crippen LogP) is 3.50. The average molecular weight is 388 g/mol. The van der Waals surface area contributed by atoms with Gasteiger partial charge in [-0.3, -0.25) is 4.79 Å². The van der Waals surface area contributed by atoms with Gasteiger partial charge in [-0.1, -0.05) is 36.4 Å². The lowest BCUT2D eigenvalue weighted by Gasteiger charge is -2.25. The molecular formula is C21H25FN2O4. The number of nitrogens with one attached hydrogen (secondary N) is 1. The molecule has 0 spiro atoms. The van der Waals surface area contributed by atoms with Crippen LogP contribution in [0.4, 0.5) is 9.18 Å². The van der Waals surface area contributed by atoms with Gasteiger partial charge in [-0.2, -0.15) is 0 Å². The van der Waals surface area contributed by atoms with Crippen molar-refractivity contribution in [3.63, 3.8) is 0 Å². The first kappa shape index (κ1) is 21.2. The molecule has 0 fully saturated rings. The van der Waals surface area contributed by atoms with E-state index < -0.39 is 18.0 Å². The van der Waals surface area contributed by atoms with Crippen LogP contribution >= 0.6 is 0 Å². The lowest BCUT2D eigenvalue weighted by Crippen LogP contribution is -2.46. The van der Waals surface area contributed by atoms with E-state index in [-0.39, 0.29) is 24.8 Å². The van der Waals surface area contributed by atoms with Gasteiger partial charge in [0.2, 0.25) is 5.91 Å². The van der Waals surface area contributed by atoms with Crippen LogP contribution in [0.3, 0.4) is 0 Å². The number of carbonyl (C=O) groups is 2. The Morgan fingerprint density at radius 3 is 2.46 bits per heavy atom. The molecule has 0 saturated heterocycles. The summed E-state index contributed by atoms with van der Waals surface area (Å²) in [6, 6.07) is 13.0. The molecule has 0 bridgehead atoms. The van der Waals surface area contributed by atoms with Gasteiger partial charge in [0.1, 0.15) is 12.6 Å². The summed E-state index contributed by atoms with van der Waals surface area (Å²) in [5.74, 6) is -0.621. The van der Waals surface area contributed by atoms with Crippen molar-refractivity contribution in [2.24, 2.45) is 0 Å². The van der Waals surface area contributed by atoms with E-state index in [9.17, 15) is 14.0 Å². The largest absolute Gasteiger partial charge is 0.494 e. The maximum atomic E-state index is 13.9. The van der Waals surface area contributed by atoms with Crippen molar-refractivity contribution in [1.82, 2.24) is 10.2 Å². The van der Waals surface area contributed by atoms with Crippen molar-refractivity contribution in [2.45, 2.75) is 33.0 Å². The molecule has 1 atom stereocenters. The summed E-state index contributed by atoms with van der Waals surface area (Å²) in [6.07, 6.45) is -0.670. The average Bonchev–Trinajstić information content (AvgIpc) is 2.70. The van der Waals surface area contributed by atoms with Crippen LogP contribution in [-0.2, 0) is 22.7 Å². The van der Waals surface area contributed by atoms with E-state index in [1.807, 2.05) is 37.3 Å². The Kier molecular flexibility index (Phi) is 7.80. The third kappa shape index (κ3) is 5.97. The van der Waals surface area contributed by atoms with E-state index >= 15 is 0 Å². The maximum absolute atomic E-state index is 13.9. The van der Waals surface area contributed by atoms with Crippen molar-refractivity contribution in [2.75, 3.05) is 13.7 Å². The molecule has 2 aromatic carbocycles. The second-order valence-corrected chi connectivity index (χ2v) is 6.25. The fourth-order valence-electron chi connectivity index (χ4n) is 2.65. The van der Waals surface area contributed by atoms with Gasteiger partial charge in [-0.15, -0.1) is 0 Å². The summed E-state index contributed by atoms with van der Waals surface area (Å²) in [7, 11) is 1.39. The van der Waals surface area contributed by atoms with Crippen molar-refractivity contribution < 1.29 is 23.5 Å². The normalized spacial score (nSPS) is 11.4. The van der Waals surface area contributed by atoms with Crippen LogP contribution in [0.5, 0.6) is 5.75 Å². The van der Waals surface area contributed by atoms with Crippen LogP contribution in [0.15, 0.2) is 48.5 Å². The van der Waals surface area contributed by atoms with Crippen LogP contribution in [-0.4, -0.2) is 36.6 Å². The smallest absolute Gasteiger partial charge is 0.408 e. The Morgan fingerprint density at radius 2 is 1.86 bits per heavy atom. The van der Waals surface area contributed by atoms with Crippen molar-refractivity contribution in [3.05, 3.63) is 65.5 Å². The van der Waals surface area contributed by atoms with Gasteiger partial charge < -0.3 is 19.7 Å². The Bertz CT molecular complexity index is 798. The van der Waals surface area contributed by atoms with Crippen molar-refractivity contribution >= 4 is 12.0 Å². The number of carbonyl (C=O) groups excluding carboxylic acids is 2. The van der Waals surface area contributed by atoms with E-state index in [1.165, 1.54) is 24.1 Å². The van der Waals surface area contributed by atoms with Crippen LogP contribution in [0.1, 0.15) is 25.0 Å². The first-order valence-corrected chi connectivity index (χ1v) is 9.03. The second kappa shape index (κ2) is 10.3. The molecule has 2 aromatic rings. The highest BCUT2D eigenvalue weighted by atomic mass is 19.1. The highest BCUT2D eigenvalue weighted by Gasteiger charge is 2.22. The number of rotatable bonds is 8. The zero-order valence-corrected chi connectivity index (χ0v) is 16.3. The lowest BCUT2D eigenvalue weighted by molar-refractivity contribution is -0.133. The molecular weight excluding hydrogens is 363 g/mol. The summed E-state index contributed by atoms with van der Waals surface area (Å²) < 4.78 is 23.9. The van der Waals surface area contributed by atoms with Crippen LogP contribution < -0.4 is 10.1 Å². The summed E-state index contributed by atoms with van der Waals surface area (Å²) >= 11 is 0. The zero-order valence-electron chi connectivity index (χ0n) is 16.3. The molecule has 1 N–H and O–H groups in total. The summed E-state index contributed by atoms with van der Waals surface area (Å²) in [4.78, 5) is 26.1. The molecule has 0 aliphatic rings. The number of nitrogens with zero attached hydrogens (tertiary/aromatic N) is 1. The Hall–Kier alpha value is -3.09. The molecule has 7 heteroatoms. The van der Waals surface area contributed by atoms with Crippen LogP contribution in [0.2, 0.25) is 0 Å². The Balaban J connectivity index is 1.90. The van der Waals surface area contributed by atoms with Gasteiger partial charge in [0, 0.05) is 13.1 Å². The van der Waals surface area contributed by atoms with E-state index in [0.29, 0.717) is 12.1 Å². The van der Waals surface area contributed by atoms with Gasteiger partial charge >= 0.3 is 6.09 Å². The predicted molar refractivity (Wildman–Crippen MR) is 103 cm³/mol. The quantitative estimate of drug-likeness (QED) is 0.752. The molecule has 2 rings (SSSR count). The fraction of sp³-hybridized carbons (Fsp3) is 0.333. The third-order valence-electron chi connectivity index (χ3n) is 4.20. The van der Waals surface area contributed by atoms with Crippen LogP contribution in [0, 0.1) is 5.82 Å². The van der Waals surface area contributed by atoms with Crippen molar-refractivity contribution in [1.29, 1.82) is 0 Å². The molecule has 0 saturated carbocycles. The number of halogens is 1. The molecule has 6 nitrogen and oxygen atoms in total. The number of likely N-dealkylation sites (N-methyl/N-ethyl adjacent to an activating group) is 1. The molecule has 0 unspecified atom stereocenters. The monoisotopic (exact) mass is 388 g/mol. The molecule has 2 amide bonds. The maximum Gasteiger partial charge on any atom is 0.408 e. The first-order valence-electron chi connectivity index (χ1n) is 9.03. The number of hydrogen-bond donors (Lipinski definition) is 1. The standard InChI is InChI=1S/C21H25FN2O4/c1-4-24(13-17-10-11-19(27-3)18(22)12-17)20(25)15(2)23-21(26)28-14-16-8-6-5-7-9-16/h5-12,15H,4,13-14H2,1-3H3,(H,23,26)/t15-/m0/s1. The fourth-order valence-corrected chi connectivity index (χ4v) is 2.65. The minimum Gasteiger partial charge on any atom is -0.494 e. The molecule has 0 aliphatic carbocycles. The molecule has 0 heterocycles. The topological polar surface area (TPSA) is 67.9 Å². The Morgan fingerprint density at radius 1 is 1.14 bits per heavy atom. The molecule has 0 aromatic heterocycles. The summed E-state index contributed by atoms with van der Waals surface area (Å²) in [5, 5.41) is 2.53. The minimum atomic E-state index is -0.772. The number of alkyl carbamates (subject to hydrolysis) is 1. The lowest BCUT2D eigenvalue weighted by atomic mass is 10.1. The number of hydrogen-bond acceptors (Lipinski definition) is 4. The first-order chi connectivity index (χ1) is 13.4. The molecule has 0 aliphatic heterocycles. The van der Waals surface area contributed by atoms with E-state index in [2.05, 4.69) is 5.32 Å². The van der Waals surface area contributed by atoms with Crippen LogP contribution in [0.25, 0.3) is 0 Å². The Labute approximate surface area is 164 Å². The van der Waals surface area contributed by atoms with E-state index in [1.54, 1.807) is 13.0 Å². The molecule has 0 radical (unpaired) electrons. The number of ether oxygens (including phenoxy) is 2. The summed E-state index contributed by atoms with van der Waals surface area (Å²) in [6.45, 7) is 4.16. The van der Waals surface area contributed by atoms with Gasteiger partial charge in [0.05, 0.1) is 7.11 Å². The van der Waals surface area contributed by atoms with Gasteiger partial charge in [0.25, 0.3) is 0 Å². The minimum absolute atomic E-state index is 0.121. The van der Waals surface area contributed by atoms with Crippen molar-refractivity contribution in [3.8, 4) is 5.75 Å². The number of amides is 2. The SMILES string of the molecule is CCN(Cc1ccc(OC)c(F)c1)C(=O)[C@H](C)NC(=O)OCc1ccccc1. The molecule has 28 heavy (non-hydrogen) atoms. The zero-order chi connectivity index (χ0) is 20.5. The third-order valence-corrected chi connectivity index (χ3v) is 4.20. The second-order valence-electron chi connectivity index (χ2n) is 6.25. The van der Waals surface area contributed by atoms with Gasteiger partial charge in [-0.25, -0.2) is 9.18 Å². The summed E-state index contributed by atoms with van der Waals surface area (Å²) in [5.41, 5.74) is 1.49. The highest BCUT2D eigenvalue weighted by molar-refractivity contribution is 5.85. The number of benzene rings is 2.